The van der Waals surface area contributed by atoms with Gasteiger partial charge in [-0.3, -0.25) is 9.59 Å². The third-order valence-electron chi connectivity index (χ3n) is 5.13. The molecule has 6 heteroatoms. The van der Waals surface area contributed by atoms with Gasteiger partial charge in [0.2, 0.25) is 5.91 Å². The first-order valence-corrected chi connectivity index (χ1v) is 8.74. The number of nitrogens with zero attached hydrogens (tertiary/aromatic N) is 4. The highest BCUT2D eigenvalue weighted by molar-refractivity contribution is 5.93. The highest BCUT2D eigenvalue weighted by Gasteiger charge is 2.32. The Kier molecular flexibility index (Phi) is 3.96. The van der Waals surface area contributed by atoms with Crippen LogP contribution in [-0.4, -0.2) is 56.7 Å². The smallest absolute Gasteiger partial charge is 0.272 e. The maximum absolute atomic E-state index is 13.0. The second-order valence-electron chi connectivity index (χ2n) is 6.71. The molecule has 4 rings (SSSR count). The molecule has 0 saturated carbocycles. The van der Waals surface area contributed by atoms with Crippen LogP contribution in [0.2, 0.25) is 0 Å². The van der Waals surface area contributed by atoms with Gasteiger partial charge in [-0.15, -0.1) is 0 Å². The summed E-state index contributed by atoms with van der Waals surface area (Å²) in [6.45, 7) is 2.24. The zero-order valence-corrected chi connectivity index (χ0v) is 13.7. The van der Waals surface area contributed by atoms with Crippen LogP contribution in [-0.2, 0) is 4.79 Å². The quantitative estimate of drug-likeness (QED) is 0.866. The number of hydrogen-bond donors (Lipinski definition) is 0. The van der Waals surface area contributed by atoms with Crippen LogP contribution in [0.5, 0.6) is 0 Å². The monoisotopic (exact) mass is 326 g/mol. The molecule has 1 atom stereocenters. The number of piperidine rings is 1. The van der Waals surface area contributed by atoms with Crippen LogP contribution < -0.4 is 0 Å². The van der Waals surface area contributed by atoms with Gasteiger partial charge < -0.3 is 14.2 Å². The number of hydrogen-bond acceptors (Lipinski definition) is 3. The van der Waals surface area contributed by atoms with Gasteiger partial charge in [-0.2, -0.15) is 0 Å². The Morgan fingerprint density at radius 2 is 2.17 bits per heavy atom. The van der Waals surface area contributed by atoms with Crippen LogP contribution in [0, 0.1) is 0 Å². The van der Waals surface area contributed by atoms with Gasteiger partial charge in [-0.25, -0.2) is 4.98 Å². The van der Waals surface area contributed by atoms with Gasteiger partial charge in [-0.1, -0.05) is 0 Å². The molecule has 126 valence electrons. The summed E-state index contributed by atoms with van der Waals surface area (Å²) < 4.78 is 1.90. The fourth-order valence-corrected chi connectivity index (χ4v) is 3.81. The predicted octanol–water partition coefficient (Wildman–Crippen LogP) is 1.95. The SMILES string of the molecule is O=C1CCCN1CC1CCCCN1C(=O)c1cc2cccn2cn1. The number of amides is 2. The Labute approximate surface area is 141 Å². The van der Waals surface area contributed by atoms with Crippen molar-refractivity contribution >= 4 is 17.3 Å². The van der Waals surface area contributed by atoms with Crippen molar-refractivity contribution < 1.29 is 9.59 Å². The van der Waals surface area contributed by atoms with Crippen molar-refractivity contribution in [3.8, 4) is 0 Å². The van der Waals surface area contributed by atoms with Crippen LogP contribution in [0.15, 0.2) is 30.7 Å². The molecule has 2 fully saturated rings. The molecule has 0 bridgehead atoms. The van der Waals surface area contributed by atoms with E-state index in [2.05, 4.69) is 4.98 Å². The molecule has 0 aliphatic carbocycles. The number of aromatic nitrogens is 2. The zero-order chi connectivity index (χ0) is 16.5. The van der Waals surface area contributed by atoms with Crippen LogP contribution in [0.3, 0.4) is 0 Å². The van der Waals surface area contributed by atoms with Crippen LogP contribution in [0.4, 0.5) is 0 Å². The molecule has 2 aliphatic heterocycles. The second kappa shape index (κ2) is 6.26. The highest BCUT2D eigenvalue weighted by Crippen LogP contribution is 2.22. The average Bonchev–Trinajstić information content (AvgIpc) is 3.23. The van der Waals surface area contributed by atoms with E-state index in [-0.39, 0.29) is 17.9 Å². The molecule has 0 aromatic carbocycles. The fraction of sp³-hybridized carbons (Fsp3) is 0.500. The Bertz CT molecular complexity index is 769. The summed E-state index contributed by atoms with van der Waals surface area (Å²) in [7, 11) is 0. The van der Waals surface area contributed by atoms with Crippen LogP contribution >= 0.6 is 0 Å². The molecule has 2 aromatic heterocycles. The molecule has 4 heterocycles. The number of fused-ring (bicyclic) bond motifs is 1. The molecule has 2 amide bonds. The van der Waals surface area contributed by atoms with Crippen molar-refractivity contribution in [3.05, 3.63) is 36.4 Å². The van der Waals surface area contributed by atoms with E-state index >= 15 is 0 Å². The molecule has 1 unspecified atom stereocenters. The number of carbonyl (C=O) groups is 2. The first-order valence-electron chi connectivity index (χ1n) is 8.74. The third kappa shape index (κ3) is 2.77. The maximum atomic E-state index is 13.0. The minimum Gasteiger partial charge on any atom is -0.341 e. The first kappa shape index (κ1) is 15.2. The fourth-order valence-electron chi connectivity index (χ4n) is 3.81. The largest absolute Gasteiger partial charge is 0.341 e. The van der Waals surface area contributed by atoms with Crippen molar-refractivity contribution in [2.24, 2.45) is 0 Å². The maximum Gasteiger partial charge on any atom is 0.272 e. The second-order valence-corrected chi connectivity index (χ2v) is 6.71. The van der Waals surface area contributed by atoms with E-state index in [1.165, 1.54) is 0 Å². The highest BCUT2D eigenvalue weighted by atomic mass is 16.2. The summed E-state index contributed by atoms with van der Waals surface area (Å²) in [5.74, 6) is 0.204. The van der Waals surface area contributed by atoms with Gasteiger partial charge in [0.15, 0.2) is 0 Å². The van der Waals surface area contributed by atoms with E-state index in [0.717, 1.165) is 44.3 Å². The summed E-state index contributed by atoms with van der Waals surface area (Å²) >= 11 is 0. The van der Waals surface area contributed by atoms with Crippen LogP contribution in [0.1, 0.15) is 42.6 Å². The summed E-state index contributed by atoms with van der Waals surface area (Å²) in [5, 5.41) is 0. The lowest BCUT2D eigenvalue weighted by Crippen LogP contribution is -2.49. The molecular formula is C18H22N4O2. The van der Waals surface area contributed by atoms with E-state index in [4.69, 9.17) is 0 Å². The summed E-state index contributed by atoms with van der Waals surface area (Å²) in [5.41, 5.74) is 1.46. The van der Waals surface area contributed by atoms with Gasteiger partial charge in [0, 0.05) is 43.8 Å². The number of likely N-dealkylation sites (tertiary alicyclic amines) is 2. The first-order chi connectivity index (χ1) is 11.7. The molecule has 0 N–H and O–H groups in total. The van der Waals surface area contributed by atoms with E-state index < -0.39 is 0 Å². The van der Waals surface area contributed by atoms with Gasteiger partial charge in [0.25, 0.3) is 5.91 Å². The Hall–Kier alpha value is -2.37. The Balaban J connectivity index is 1.54. The lowest BCUT2D eigenvalue weighted by atomic mass is 10.0. The average molecular weight is 326 g/mol. The van der Waals surface area contributed by atoms with Crippen molar-refractivity contribution in [3.63, 3.8) is 0 Å². The molecule has 0 radical (unpaired) electrons. The summed E-state index contributed by atoms with van der Waals surface area (Å²) in [6.07, 6.45) is 8.28. The van der Waals surface area contributed by atoms with Crippen molar-refractivity contribution in [1.82, 2.24) is 19.2 Å². The summed E-state index contributed by atoms with van der Waals surface area (Å²) in [4.78, 5) is 33.1. The number of carbonyl (C=O) groups excluding carboxylic acids is 2. The van der Waals surface area contributed by atoms with E-state index in [1.54, 1.807) is 6.33 Å². The molecule has 6 nitrogen and oxygen atoms in total. The van der Waals surface area contributed by atoms with Gasteiger partial charge in [-0.05, 0) is 43.9 Å². The summed E-state index contributed by atoms with van der Waals surface area (Å²) in [6, 6.07) is 5.86. The molecule has 2 aliphatic rings. The van der Waals surface area contributed by atoms with Crippen LogP contribution in [0.25, 0.3) is 5.52 Å². The van der Waals surface area contributed by atoms with Crippen molar-refractivity contribution in [2.45, 2.75) is 38.1 Å². The van der Waals surface area contributed by atoms with Gasteiger partial charge in [0.05, 0.1) is 6.33 Å². The molecular weight excluding hydrogens is 304 g/mol. The van der Waals surface area contributed by atoms with Crippen molar-refractivity contribution in [2.75, 3.05) is 19.6 Å². The van der Waals surface area contributed by atoms with E-state index in [1.807, 2.05) is 38.6 Å². The standard InChI is InChI=1S/C18H22N4O2/c23-17-7-4-8-20(17)12-15-5-1-2-10-22(15)18(24)16-11-14-6-3-9-21(14)13-19-16/h3,6,9,11,13,15H,1-2,4-5,7-8,10,12H2. The third-order valence-corrected chi connectivity index (χ3v) is 5.13. The normalized spacial score (nSPS) is 21.7. The number of rotatable bonds is 3. The Morgan fingerprint density at radius 3 is 3.00 bits per heavy atom. The lowest BCUT2D eigenvalue weighted by molar-refractivity contribution is -0.128. The molecule has 2 saturated heterocycles. The topological polar surface area (TPSA) is 57.9 Å². The minimum atomic E-state index is -0.0185. The molecule has 24 heavy (non-hydrogen) atoms. The molecule has 2 aromatic rings. The van der Waals surface area contributed by atoms with Gasteiger partial charge >= 0.3 is 0 Å². The van der Waals surface area contributed by atoms with Crippen molar-refractivity contribution in [1.29, 1.82) is 0 Å². The van der Waals surface area contributed by atoms with E-state index in [9.17, 15) is 9.59 Å². The van der Waals surface area contributed by atoms with Gasteiger partial charge in [0.1, 0.15) is 5.69 Å². The Morgan fingerprint density at radius 1 is 1.25 bits per heavy atom. The van der Waals surface area contributed by atoms with E-state index in [0.29, 0.717) is 18.7 Å². The zero-order valence-electron chi connectivity index (χ0n) is 13.7. The molecule has 0 spiro atoms. The predicted molar refractivity (Wildman–Crippen MR) is 89.7 cm³/mol. The minimum absolute atomic E-state index is 0.0185. The lowest BCUT2D eigenvalue weighted by Gasteiger charge is -2.37.